The predicted molar refractivity (Wildman–Crippen MR) is 74.5 cm³/mol. The maximum atomic E-state index is 11.0. The number of nitriles is 1. The fourth-order valence-corrected chi connectivity index (χ4v) is 3.77. The molecule has 2 aliphatic rings. The van der Waals surface area contributed by atoms with E-state index in [1.165, 1.54) is 6.42 Å². The number of nitrogens with zero attached hydrogens (tertiary/aromatic N) is 1. The van der Waals surface area contributed by atoms with E-state index < -0.39 is 11.0 Å². The van der Waals surface area contributed by atoms with Gasteiger partial charge in [-0.2, -0.15) is 5.26 Å². The average molecular weight is 265 g/mol. The van der Waals surface area contributed by atoms with Gasteiger partial charge in [-0.05, 0) is 43.4 Å². The van der Waals surface area contributed by atoms with E-state index in [-0.39, 0.29) is 0 Å². The van der Waals surface area contributed by atoms with Gasteiger partial charge >= 0.3 is 0 Å². The predicted octanol–water partition coefficient (Wildman–Crippen LogP) is 3.27. The second-order valence-corrected chi connectivity index (χ2v) is 7.14. The summed E-state index contributed by atoms with van der Waals surface area (Å²) in [5.41, 5.74) is -1.15. The lowest BCUT2D eigenvalue weighted by atomic mass is 9.59. The topological polar surface area (TPSA) is 53.2 Å². The van der Waals surface area contributed by atoms with Gasteiger partial charge in [0.1, 0.15) is 5.41 Å². The van der Waals surface area contributed by atoms with Crippen molar-refractivity contribution in [1.82, 2.24) is 0 Å². The molecule has 1 heterocycles. The summed E-state index contributed by atoms with van der Waals surface area (Å²) in [6.45, 7) is 7.89. The van der Waals surface area contributed by atoms with E-state index in [0.717, 1.165) is 25.7 Å². The molecule has 108 valence electrons. The highest BCUT2D eigenvalue weighted by Gasteiger charge is 2.55. The summed E-state index contributed by atoms with van der Waals surface area (Å²) in [5, 5.41) is 20.5. The van der Waals surface area contributed by atoms with Crippen LogP contribution < -0.4 is 0 Å². The Kier molecular flexibility index (Phi) is 3.95. The van der Waals surface area contributed by atoms with Crippen molar-refractivity contribution in [2.75, 3.05) is 13.2 Å². The summed E-state index contributed by atoms with van der Waals surface area (Å²) in [6.07, 6.45) is 5.40. The van der Waals surface area contributed by atoms with Crippen LogP contribution in [0.2, 0.25) is 0 Å². The third-order valence-corrected chi connectivity index (χ3v) is 5.96. The second-order valence-electron chi connectivity index (χ2n) is 7.14. The molecule has 0 spiro atoms. The van der Waals surface area contributed by atoms with Crippen LogP contribution in [0.1, 0.15) is 59.3 Å². The molecule has 3 heteroatoms. The van der Waals surface area contributed by atoms with E-state index in [9.17, 15) is 10.4 Å². The summed E-state index contributed by atoms with van der Waals surface area (Å²) in [5.74, 6) is 0.663. The SMILES string of the molecule is CCC(C)(C)C1CCC(O)(C2(C#N)CCOC2)CC1. The molecule has 19 heavy (non-hydrogen) atoms. The lowest BCUT2D eigenvalue weighted by Gasteiger charge is -2.47. The number of aliphatic hydroxyl groups is 1. The molecule has 2 fully saturated rings. The van der Waals surface area contributed by atoms with Crippen LogP contribution in [-0.2, 0) is 4.74 Å². The second kappa shape index (κ2) is 5.07. The lowest BCUT2D eigenvalue weighted by Crippen LogP contribution is -2.51. The van der Waals surface area contributed by atoms with Crippen LogP contribution in [0.4, 0.5) is 0 Å². The van der Waals surface area contributed by atoms with Crippen LogP contribution in [0.25, 0.3) is 0 Å². The molecule has 1 saturated heterocycles. The smallest absolute Gasteiger partial charge is 0.111 e. The van der Waals surface area contributed by atoms with Crippen LogP contribution in [0.3, 0.4) is 0 Å². The van der Waals surface area contributed by atoms with Crippen molar-refractivity contribution in [2.24, 2.45) is 16.7 Å². The zero-order valence-electron chi connectivity index (χ0n) is 12.5. The Morgan fingerprint density at radius 3 is 2.37 bits per heavy atom. The molecule has 1 aliphatic carbocycles. The van der Waals surface area contributed by atoms with Gasteiger partial charge in [0, 0.05) is 6.61 Å². The lowest BCUT2D eigenvalue weighted by molar-refractivity contribution is -0.101. The fourth-order valence-electron chi connectivity index (χ4n) is 3.77. The van der Waals surface area contributed by atoms with Crippen LogP contribution >= 0.6 is 0 Å². The van der Waals surface area contributed by atoms with Crippen molar-refractivity contribution in [3.8, 4) is 6.07 Å². The molecule has 3 nitrogen and oxygen atoms in total. The molecule has 1 aliphatic heterocycles. The Bertz CT molecular complexity index is 355. The van der Waals surface area contributed by atoms with E-state index in [1.54, 1.807) is 0 Å². The highest BCUT2D eigenvalue weighted by atomic mass is 16.5. The molecular formula is C16H27NO2. The average Bonchev–Trinajstić information content (AvgIpc) is 2.90. The van der Waals surface area contributed by atoms with Gasteiger partial charge in [0.05, 0.1) is 18.3 Å². The molecule has 0 radical (unpaired) electrons. The largest absolute Gasteiger partial charge is 0.388 e. The Hall–Kier alpha value is -0.590. The van der Waals surface area contributed by atoms with E-state index >= 15 is 0 Å². The minimum Gasteiger partial charge on any atom is -0.388 e. The number of ether oxygens (including phenoxy) is 1. The van der Waals surface area contributed by atoms with E-state index in [1.807, 2.05) is 0 Å². The van der Waals surface area contributed by atoms with E-state index in [4.69, 9.17) is 4.74 Å². The molecule has 0 bridgehead atoms. The highest BCUT2D eigenvalue weighted by Crippen LogP contribution is 2.51. The summed E-state index contributed by atoms with van der Waals surface area (Å²) in [7, 11) is 0. The number of rotatable bonds is 3. The summed E-state index contributed by atoms with van der Waals surface area (Å²) in [6, 6.07) is 2.38. The molecule has 1 saturated carbocycles. The van der Waals surface area contributed by atoms with Crippen molar-refractivity contribution in [3.63, 3.8) is 0 Å². The van der Waals surface area contributed by atoms with Gasteiger partial charge in [-0.25, -0.2) is 0 Å². The molecule has 0 aromatic carbocycles. The van der Waals surface area contributed by atoms with Crippen LogP contribution in [-0.4, -0.2) is 23.9 Å². The Morgan fingerprint density at radius 2 is 1.95 bits per heavy atom. The van der Waals surface area contributed by atoms with Gasteiger partial charge in [-0.15, -0.1) is 0 Å². The van der Waals surface area contributed by atoms with Crippen molar-refractivity contribution >= 4 is 0 Å². The van der Waals surface area contributed by atoms with Crippen molar-refractivity contribution in [1.29, 1.82) is 5.26 Å². The first-order chi connectivity index (χ1) is 8.89. The normalized spacial score (nSPS) is 40.1. The molecule has 0 amide bonds. The molecule has 0 aromatic rings. The number of hydrogen-bond acceptors (Lipinski definition) is 3. The Labute approximate surface area is 117 Å². The maximum absolute atomic E-state index is 11.0. The van der Waals surface area contributed by atoms with Gasteiger partial charge < -0.3 is 9.84 Å². The van der Waals surface area contributed by atoms with Gasteiger partial charge in [0.2, 0.25) is 0 Å². The summed E-state index contributed by atoms with van der Waals surface area (Å²) >= 11 is 0. The van der Waals surface area contributed by atoms with Crippen LogP contribution in [0.15, 0.2) is 0 Å². The highest BCUT2D eigenvalue weighted by molar-refractivity contribution is 5.14. The van der Waals surface area contributed by atoms with Gasteiger partial charge in [0.15, 0.2) is 0 Å². The molecule has 1 N–H and O–H groups in total. The van der Waals surface area contributed by atoms with Crippen LogP contribution in [0, 0.1) is 28.1 Å². The van der Waals surface area contributed by atoms with Crippen LogP contribution in [0.5, 0.6) is 0 Å². The summed E-state index contributed by atoms with van der Waals surface area (Å²) < 4.78 is 5.40. The zero-order chi connectivity index (χ0) is 14.1. The van der Waals surface area contributed by atoms with Crippen molar-refractivity contribution in [3.05, 3.63) is 0 Å². The Balaban J connectivity index is 2.08. The van der Waals surface area contributed by atoms with Gasteiger partial charge in [-0.1, -0.05) is 27.2 Å². The molecule has 1 unspecified atom stereocenters. The number of hydrogen-bond donors (Lipinski definition) is 1. The van der Waals surface area contributed by atoms with Gasteiger partial charge in [0.25, 0.3) is 0 Å². The minimum absolute atomic E-state index is 0.341. The van der Waals surface area contributed by atoms with E-state index in [0.29, 0.717) is 31.0 Å². The molecule has 0 aromatic heterocycles. The first-order valence-electron chi connectivity index (χ1n) is 7.60. The molecule has 1 atom stereocenters. The Morgan fingerprint density at radius 1 is 1.32 bits per heavy atom. The first kappa shape index (κ1) is 14.8. The fraction of sp³-hybridized carbons (Fsp3) is 0.938. The van der Waals surface area contributed by atoms with Crippen molar-refractivity contribution < 1.29 is 9.84 Å². The third kappa shape index (κ3) is 2.41. The quantitative estimate of drug-likeness (QED) is 0.852. The molecular weight excluding hydrogens is 238 g/mol. The third-order valence-electron chi connectivity index (χ3n) is 5.96. The summed E-state index contributed by atoms with van der Waals surface area (Å²) in [4.78, 5) is 0. The molecule has 2 rings (SSSR count). The monoisotopic (exact) mass is 265 g/mol. The first-order valence-corrected chi connectivity index (χ1v) is 7.60. The zero-order valence-corrected chi connectivity index (χ0v) is 12.5. The standard InChI is InChI=1S/C16H27NO2/c1-4-14(2,3)13-5-7-16(18,8-6-13)15(11-17)9-10-19-12-15/h13,18H,4-10,12H2,1-3H3. The minimum atomic E-state index is -0.835. The van der Waals surface area contributed by atoms with Gasteiger partial charge in [-0.3, -0.25) is 0 Å². The maximum Gasteiger partial charge on any atom is 0.111 e. The van der Waals surface area contributed by atoms with E-state index in [2.05, 4.69) is 26.8 Å². The van der Waals surface area contributed by atoms with Crippen molar-refractivity contribution in [2.45, 2.75) is 64.9 Å².